The summed E-state index contributed by atoms with van der Waals surface area (Å²) in [7, 11) is 0. The van der Waals surface area contributed by atoms with Gasteiger partial charge in [0, 0.05) is 28.8 Å². The second kappa shape index (κ2) is 7.81. The number of ketones is 2. The predicted octanol–water partition coefficient (Wildman–Crippen LogP) is 5.00. The van der Waals surface area contributed by atoms with Crippen LogP contribution in [0.1, 0.15) is 47.0 Å². The Morgan fingerprint density at radius 1 is 1.00 bits per heavy atom. The van der Waals surface area contributed by atoms with Gasteiger partial charge in [-0.05, 0) is 37.1 Å². The lowest BCUT2D eigenvalue weighted by Crippen LogP contribution is -2.23. The molecule has 0 saturated carbocycles. The smallest absolute Gasteiger partial charge is 0.403 e. The molecule has 1 atom stereocenters. The molecule has 0 spiro atoms. The summed E-state index contributed by atoms with van der Waals surface area (Å²) in [6, 6.07) is 16.4. The van der Waals surface area contributed by atoms with Gasteiger partial charge in [-0.3, -0.25) is 19.7 Å². The highest BCUT2D eigenvalue weighted by molar-refractivity contribution is 6.10. The number of fused-ring (bicyclic) bond motifs is 1. The van der Waals surface area contributed by atoms with Crippen molar-refractivity contribution in [1.82, 2.24) is 0 Å². The van der Waals surface area contributed by atoms with Crippen molar-refractivity contribution in [3.8, 4) is 0 Å². The zero-order valence-corrected chi connectivity index (χ0v) is 17.0. The van der Waals surface area contributed by atoms with Gasteiger partial charge >= 0.3 is 5.88 Å². The highest BCUT2D eigenvalue weighted by Crippen LogP contribution is 2.41. The second-order valence-electron chi connectivity index (χ2n) is 7.76. The fraction of sp³-hybridized carbons (Fsp3) is 0.167. The van der Waals surface area contributed by atoms with E-state index in [0.29, 0.717) is 53.1 Å². The molecule has 1 aromatic heterocycles. The molecule has 3 aromatic rings. The summed E-state index contributed by atoms with van der Waals surface area (Å²) in [6.45, 7) is 0. The van der Waals surface area contributed by atoms with Crippen LogP contribution in [0, 0.1) is 10.1 Å². The minimum Gasteiger partial charge on any atom is -0.403 e. The number of benzene rings is 2. The fourth-order valence-electron chi connectivity index (χ4n) is 4.20. The molecule has 32 heavy (non-hydrogen) atoms. The molecule has 0 fully saturated rings. The van der Waals surface area contributed by atoms with Crippen molar-refractivity contribution in [2.75, 3.05) is 10.6 Å². The molecule has 8 heteroatoms. The first-order valence-corrected chi connectivity index (χ1v) is 10.3. The Morgan fingerprint density at radius 2 is 1.81 bits per heavy atom. The van der Waals surface area contributed by atoms with Crippen LogP contribution in [0.5, 0.6) is 0 Å². The maximum Gasteiger partial charge on any atom is 0.433 e. The van der Waals surface area contributed by atoms with Crippen LogP contribution in [0.15, 0.2) is 76.4 Å². The topological polar surface area (TPSA) is 114 Å². The molecule has 1 aliphatic carbocycles. The maximum absolute atomic E-state index is 12.9. The van der Waals surface area contributed by atoms with E-state index in [2.05, 4.69) is 10.6 Å². The number of allylic oxidation sites excluding steroid dienone is 1. The molecule has 0 amide bonds. The number of Topliss-reactive ketones (excluding diaryl/α,β-unsaturated/α-hetero) is 1. The van der Waals surface area contributed by atoms with Crippen molar-refractivity contribution in [3.63, 3.8) is 0 Å². The van der Waals surface area contributed by atoms with Gasteiger partial charge in [-0.2, -0.15) is 0 Å². The van der Waals surface area contributed by atoms with Crippen molar-refractivity contribution in [3.05, 3.63) is 98.9 Å². The van der Waals surface area contributed by atoms with Crippen molar-refractivity contribution in [1.29, 1.82) is 0 Å². The molecular weight excluding hydrogens is 410 g/mol. The Kier molecular flexibility index (Phi) is 4.82. The summed E-state index contributed by atoms with van der Waals surface area (Å²) in [6.07, 6.45) is 1.75. The predicted molar refractivity (Wildman–Crippen MR) is 118 cm³/mol. The van der Waals surface area contributed by atoms with E-state index >= 15 is 0 Å². The van der Waals surface area contributed by atoms with Gasteiger partial charge in [0.25, 0.3) is 0 Å². The third-order valence-corrected chi connectivity index (χ3v) is 5.73. The van der Waals surface area contributed by atoms with E-state index in [1.165, 1.54) is 12.1 Å². The van der Waals surface area contributed by atoms with Crippen LogP contribution < -0.4 is 10.6 Å². The van der Waals surface area contributed by atoms with Gasteiger partial charge in [0.15, 0.2) is 11.6 Å². The van der Waals surface area contributed by atoms with Crippen molar-refractivity contribution < 1.29 is 18.9 Å². The summed E-state index contributed by atoms with van der Waals surface area (Å²) in [5, 5.41) is 17.7. The van der Waals surface area contributed by atoms with Crippen molar-refractivity contribution in [2.24, 2.45) is 0 Å². The van der Waals surface area contributed by atoms with Gasteiger partial charge < -0.3 is 15.1 Å². The van der Waals surface area contributed by atoms with E-state index in [4.69, 9.17) is 4.42 Å². The van der Waals surface area contributed by atoms with E-state index in [9.17, 15) is 19.7 Å². The summed E-state index contributed by atoms with van der Waals surface area (Å²) in [4.78, 5) is 36.3. The van der Waals surface area contributed by atoms with E-state index in [0.717, 1.165) is 5.70 Å². The zero-order chi connectivity index (χ0) is 22.2. The van der Waals surface area contributed by atoms with Crippen LogP contribution in [0.25, 0.3) is 0 Å². The number of furan rings is 1. The molecule has 2 aliphatic rings. The molecule has 8 nitrogen and oxygen atoms in total. The van der Waals surface area contributed by atoms with Crippen molar-refractivity contribution in [2.45, 2.75) is 25.3 Å². The minimum atomic E-state index is -0.670. The minimum absolute atomic E-state index is 0.0382. The first-order valence-electron chi connectivity index (χ1n) is 10.3. The Morgan fingerprint density at radius 3 is 2.56 bits per heavy atom. The molecule has 0 unspecified atom stereocenters. The molecule has 2 N–H and O–H groups in total. The standard InChI is InChI=1S/C24H19N3O5/c28-19-8-4-7-17-22(19)23(20-11-12-21(32-20)27(30)31)26-16-10-9-15(13-18(16)25-17)24(29)14-5-2-1-3-6-14/h1-3,5-6,9-13,23,25-26H,4,7-8H2/t23-/m1/s1. The molecule has 1 aliphatic heterocycles. The van der Waals surface area contributed by atoms with E-state index < -0.39 is 11.0 Å². The van der Waals surface area contributed by atoms with Gasteiger partial charge in [-0.1, -0.05) is 30.3 Å². The molecule has 2 heterocycles. The second-order valence-corrected chi connectivity index (χ2v) is 7.76. The number of nitro groups is 1. The van der Waals surface area contributed by atoms with Gasteiger partial charge in [0.05, 0.1) is 17.4 Å². The summed E-state index contributed by atoms with van der Waals surface area (Å²) in [5.41, 5.74) is 3.68. The molecular formula is C24H19N3O5. The van der Waals surface area contributed by atoms with Gasteiger partial charge in [0.1, 0.15) is 16.7 Å². The monoisotopic (exact) mass is 429 g/mol. The number of rotatable bonds is 4. The Labute approximate surface area is 183 Å². The fourth-order valence-corrected chi connectivity index (χ4v) is 4.20. The summed E-state index contributed by atoms with van der Waals surface area (Å²) < 4.78 is 5.44. The number of carbonyl (C=O) groups is 2. The van der Waals surface area contributed by atoms with Crippen LogP contribution in [0.2, 0.25) is 0 Å². The first kappa shape index (κ1) is 19.7. The van der Waals surface area contributed by atoms with Gasteiger partial charge in [0.2, 0.25) is 0 Å². The SMILES string of the molecule is O=C1CCCC2=C1[C@@H](c1ccc([N+](=O)[O-])o1)Nc1ccc(C(=O)c3ccccc3)cc1N2. The quantitative estimate of drug-likeness (QED) is 0.340. The number of anilines is 2. The number of hydrogen-bond donors (Lipinski definition) is 2. The first-order chi connectivity index (χ1) is 15.5. The van der Waals surface area contributed by atoms with Gasteiger partial charge in [-0.25, -0.2) is 0 Å². The van der Waals surface area contributed by atoms with E-state index in [1.807, 2.05) is 18.2 Å². The highest BCUT2D eigenvalue weighted by atomic mass is 16.6. The maximum atomic E-state index is 12.9. The number of carbonyl (C=O) groups excluding carboxylic acids is 2. The molecule has 5 rings (SSSR count). The molecule has 160 valence electrons. The van der Waals surface area contributed by atoms with Crippen molar-refractivity contribution >= 4 is 28.8 Å². The average Bonchev–Trinajstić information content (AvgIpc) is 3.23. The molecule has 0 saturated heterocycles. The van der Waals surface area contributed by atoms with Crippen LogP contribution in [0.4, 0.5) is 17.3 Å². The highest BCUT2D eigenvalue weighted by Gasteiger charge is 2.34. The number of nitrogens with zero attached hydrogens (tertiary/aromatic N) is 1. The third-order valence-electron chi connectivity index (χ3n) is 5.73. The number of nitrogens with one attached hydrogen (secondary N) is 2. The van der Waals surface area contributed by atoms with E-state index in [1.54, 1.807) is 30.3 Å². The third kappa shape index (κ3) is 3.45. The van der Waals surface area contributed by atoms with Crippen LogP contribution >= 0.6 is 0 Å². The summed E-state index contributed by atoms with van der Waals surface area (Å²) in [5.74, 6) is -0.234. The van der Waals surface area contributed by atoms with Crippen LogP contribution in [-0.4, -0.2) is 16.5 Å². The average molecular weight is 429 g/mol. The zero-order valence-electron chi connectivity index (χ0n) is 17.0. The Bertz CT molecular complexity index is 1280. The Balaban J connectivity index is 1.57. The Hall–Kier alpha value is -4.20. The normalized spacial score (nSPS) is 17.5. The summed E-state index contributed by atoms with van der Waals surface area (Å²) >= 11 is 0. The molecule has 0 bridgehead atoms. The molecule has 0 radical (unpaired) electrons. The van der Waals surface area contributed by atoms with Crippen LogP contribution in [-0.2, 0) is 4.79 Å². The van der Waals surface area contributed by atoms with Crippen LogP contribution in [0.3, 0.4) is 0 Å². The van der Waals surface area contributed by atoms with E-state index in [-0.39, 0.29) is 17.5 Å². The lowest BCUT2D eigenvalue weighted by atomic mass is 9.89. The van der Waals surface area contributed by atoms with Gasteiger partial charge in [-0.15, -0.1) is 0 Å². The lowest BCUT2D eigenvalue weighted by Gasteiger charge is -2.23. The number of hydrogen-bond acceptors (Lipinski definition) is 7. The largest absolute Gasteiger partial charge is 0.433 e. The lowest BCUT2D eigenvalue weighted by molar-refractivity contribution is -0.402. The molecule has 2 aromatic carbocycles.